The summed E-state index contributed by atoms with van der Waals surface area (Å²) < 4.78 is 0.463. The molecule has 0 atom stereocenters. The van der Waals surface area contributed by atoms with E-state index in [4.69, 9.17) is 0 Å². The van der Waals surface area contributed by atoms with Crippen LogP contribution >= 0.6 is 27.7 Å². The zero-order chi connectivity index (χ0) is 18.8. The third-order valence-electron chi connectivity index (χ3n) is 3.66. The molecule has 1 heterocycles. The quantitative estimate of drug-likeness (QED) is 0.437. The molecule has 2 aromatic rings. The first-order valence-electron chi connectivity index (χ1n) is 7.33. The van der Waals surface area contributed by atoms with Gasteiger partial charge in [-0.1, -0.05) is 24.3 Å². The highest BCUT2D eigenvalue weighted by Gasteiger charge is 2.36. The number of thioether (sulfide) groups is 1. The highest BCUT2D eigenvalue weighted by Crippen LogP contribution is 2.35. The van der Waals surface area contributed by atoms with Crippen molar-refractivity contribution in [3.05, 3.63) is 73.1 Å². The van der Waals surface area contributed by atoms with Crippen LogP contribution in [-0.2, 0) is 11.3 Å². The number of aromatic hydroxyl groups is 1. The third kappa shape index (κ3) is 3.63. The molecule has 1 saturated heterocycles. The van der Waals surface area contributed by atoms with Gasteiger partial charge in [0.1, 0.15) is 5.75 Å². The van der Waals surface area contributed by atoms with E-state index in [1.54, 1.807) is 18.2 Å². The molecule has 9 heteroatoms. The van der Waals surface area contributed by atoms with Gasteiger partial charge in [-0.3, -0.25) is 24.6 Å². The summed E-state index contributed by atoms with van der Waals surface area (Å²) in [6.07, 6.45) is 1.54. The molecule has 132 valence electrons. The van der Waals surface area contributed by atoms with Gasteiger partial charge in [-0.05, 0) is 51.5 Å². The Morgan fingerprint density at radius 3 is 2.65 bits per heavy atom. The monoisotopic (exact) mass is 434 g/mol. The molecule has 0 bridgehead atoms. The second-order valence-corrected chi connectivity index (χ2v) is 7.21. The molecule has 0 saturated carbocycles. The molecule has 0 aliphatic carbocycles. The topological polar surface area (TPSA) is 101 Å². The van der Waals surface area contributed by atoms with Gasteiger partial charge in [0.05, 0.1) is 20.8 Å². The van der Waals surface area contributed by atoms with Gasteiger partial charge in [-0.2, -0.15) is 0 Å². The van der Waals surface area contributed by atoms with E-state index in [0.29, 0.717) is 10.0 Å². The van der Waals surface area contributed by atoms with Gasteiger partial charge in [-0.15, -0.1) is 0 Å². The molecule has 0 spiro atoms. The van der Waals surface area contributed by atoms with E-state index in [2.05, 4.69) is 15.9 Å². The summed E-state index contributed by atoms with van der Waals surface area (Å²) in [7, 11) is 0. The van der Waals surface area contributed by atoms with Crippen LogP contribution in [0.15, 0.2) is 51.8 Å². The fraction of sp³-hybridized carbons (Fsp3) is 0.0588. The lowest BCUT2D eigenvalue weighted by Crippen LogP contribution is -2.27. The molecule has 1 fully saturated rings. The largest absolute Gasteiger partial charge is 0.507 e. The average molecular weight is 435 g/mol. The molecular formula is C17H11BrN2O5S. The van der Waals surface area contributed by atoms with Crippen molar-refractivity contribution in [1.82, 2.24) is 4.90 Å². The first-order chi connectivity index (χ1) is 12.4. The van der Waals surface area contributed by atoms with E-state index < -0.39 is 16.1 Å². The van der Waals surface area contributed by atoms with Crippen LogP contribution in [0.25, 0.3) is 6.08 Å². The molecule has 0 aromatic heterocycles. The number of phenols is 1. The third-order valence-corrected chi connectivity index (χ3v) is 5.20. The summed E-state index contributed by atoms with van der Waals surface area (Å²) in [5.74, 6) is -0.450. The number of hydrogen-bond donors (Lipinski definition) is 1. The Hall–Kier alpha value is -2.65. The number of benzene rings is 2. The summed E-state index contributed by atoms with van der Waals surface area (Å²) in [5, 5.41) is 20.1. The van der Waals surface area contributed by atoms with E-state index in [9.17, 15) is 24.8 Å². The first kappa shape index (κ1) is 18.2. The van der Waals surface area contributed by atoms with E-state index in [1.807, 2.05) is 0 Å². The smallest absolute Gasteiger partial charge is 0.293 e. The van der Waals surface area contributed by atoms with Gasteiger partial charge in [0.2, 0.25) is 0 Å². The predicted molar refractivity (Wildman–Crippen MR) is 100 cm³/mol. The van der Waals surface area contributed by atoms with Crippen LogP contribution in [0.2, 0.25) is 0 Å². The molecule has 2 aromatic carbocycles. The highest BCUT2D eigenvalue weighted by atomic mass is 79.9. The van der Waals surface area contributed by atoms with E-state index in [0.717, 1.165) is 16.7 Å². The predicted octanol–water partition coefficient (Wildman–Crippen LogP) is 4.30. The maximum absolute atomic E-state index is 12.5. The lowest BCUT2D eigenvalue weighted by molar-refractivity contribution is -0.385. The van der Waals surface area contributed by atoms with Crippen molar-refractivity contribution < 1.29 is 19.6 Å². The Kier molecular flexibility index (Phi) is 5.10. The van der Waals surface area contributed by atoms with Crippen molar-refractivity contribution in [3.8, 4) is 5.75 Å². The molecule has 0 unspecified atom stereocenters. The van der Waals surface area contributed by atoms with Gasteiger partial charge in [-0.25, -0.2) is 0 Å². The van der Waals surface area contributed by atoms with Crippen molar-refractivity contribution in [2.45, 2.75) is 6.54 Å². The first-order valence-corrected chi connectivity index (χ1v) is 8.94. The zero-order valence-electron chi connectivity index (χ0n) is 13.1. The van der Waals surface area contributed by atoms with Gasteiger partial charge < -0.3 is 5.11 Å². The second kappa shape index (κ2) is 7.30. The number of carbonyl (C=O) groups excluding carboxylic acids is 2. The lowest BCUT2D eigenvalue weighted by Gasteiger charge is -2.12. The maximum atomic E-state index is 12.5. The molecule has 0 radical (unpaired) electrons. The van der Waals surface area contributed by atoms with Gasteiger partial charge >= 0.3 is 0 Å². The van der Waals surface area contributed by atoms with Crippen molar-refractivity contribution in [2.75, 3.05) is 0 Å². The summed E-state index contributed by atoms with van der Waals surface area (Å²) >= 11 is 3.96. The lowest BCUT2D eigenvalue weighted by atomic mass is 10.1. The SMILES string of the molecule is O=C1S/C(=C/c2ccc(O)c(Br)c2)C(=O)N1Cc1ccccc1[N+](=O)[O-]. The number of carbonyl (C=O) groups is 2. The van der Waals surface area contributed by atoms with Crippen LogP contribution in [0.4, 0.5) is 10.5 Å². The average Bonchev–Trinajstić information content (AvgIpc) is 2.86. The highest BCUT2D eigenvalue weighted by molar-refractivity contribution is 9.10. The molecule has 1 N–H and O–H groups in total. The molecule has 7 nitrogen and oxygen atoms in total. The Morgan fingerprint density at radius 1 is 1.23 bits per heavy atom. The Labute approximate surface area is 160 Å². The summed E-state index contributed by atoms with van der Waals surface area (Å²) in [6, 6.07) is 10.7. The zero-order valence-corrected chi connectivity index (χ0v) is 15.5. The van der Waals surface area contributed by atoms with Gasteiger partial charge in [0.15, 0.2) is 0 Å². The van der Waals surface area contributed by atoms with E-state index in [1.165, 1.54) is 30.3 Å². The van der Waals surface area contributed by atoms with E-state index >= 15 is 0 Å². The number of hydrogen-bond acceptors (Lipinski definition) is 6. The summed E-state index contributed by atoms with van der Waals surface area (Å²) in [6.45, 7) is -0.168. The summed E-state index contributed by atoms with van der Waals surface area (Å²) in [5.41, 5.74) is 0.775. The number of nitro benzene ring substituents is 1. The van der Waals surface area contributed by atoms with Crippen LogP contribution in [-0.4, -0.2) is 26.1 Å². The molecule has 2 amide bonds. The van der Waals surface area contributed by atoms with Crippen LogP contribution in [0.5, 0.6) is 5.75 Å². The Bertz CT molecular complexity index is 960. The number of nitrogens with zero attached hydrogens (tertiary/aromatic N) is 2. The number of rotatable bonds is 4. The standard InChI is InChI=1S/C17H11BrN2O5S/c18-12-7-10(5-6-14(12)21)8-15-16(22)19(17(23)26-15)9-11-3-1-2-4-13(11)20(24)25/h1-8,21H,9H2/b15-8+. The minimum atomic E-state index is -0.543. The molecule has 3 rings (SSSR count). The maximum Gasteiger partial charge on any atom is 0.293 e. The Balaban J connectivity index is 1.87. The van der Waals surface area contributed by atoms with Crippen molar-refractivity contribution in [2.24, 2.45) is 0 Å². The minimum Gasteiger partial charge on any atom is -0.507 e. The molecular weight excluding hydrogens is 424 g/mol. The van der Waals surface area contributed by atoms with Crippen molar-refractivity contribution >= 4 is 50.6 Å². The number of halogens is 1. The van der Waals surface area contributed by atoms with Crippen LogP contribution in [0, 0.1) is 10.1 Å². The summed E-state index contributed by atoms with van der Waals surface area (Å²) in [4.78, 5) is 36.5. The number of phenolic OH excluding ortho intramolecular Hbond substituents is 1. The molecule has 1 aliphatic heterocycles. The fourth-order valence-electron chi connectivity index (χ4n) is 2.39. The molecule has 1 aliphatic rings. The van der Waals surface area contributed by atoms with E-state index in [-0.39, 0.29) is 28.5 Å². The van der Waals surface area contributed by atoms with Crippen LogP contribution in [0.1, 0.15) is 11.1 Å². The van der Waals surface area contributed by atoms with Crippen LogP contribution in [0.3, 0.4) is 0 Å². The van der Waals surface area contributed by atoms with Crippen molar-refractivity contribution in [1.29, 1.82) is 0 Å². The normalized spacial score (nSPS) is 15.7. The molecule has 26 heavy (non-hydrogen) atoms. The fourth-order valence-corrected chi connectivity index (χ4v) is 3.63. The Morgan fingerprint density at radius 2 is 1.96 bits per heavy atom. The minimum absolute atomic E-state index is 0.0617. The number of nitro groups is 1. The van der Waals surface area contributed by atoms with Gasteiger partial charge in [0, 0.05) is 11.6 Å². The number of para-hydroxylation sites is 1. The second-order valence-electron chi connectivity index (χ2n) is 5.36. The van der Waals surface area contributed by atoms with Gasteiger partial charge in [0.25, 0.3) is 16.8 Å². The number of amides is 2. The van der Waals surface area contributed by atoms with Crippen molar-refractivity contribution in [3.63, 3.8) is 0 Å². The van der Waals surface area contributed by atoms with Crippen LogP contribution < -0.4 is 0 Å². The number of imide groups is 1.